The minimum Gasteiger partial charge on any atom is -0.399 e. The van der Waals surface area contributed by atoms with E-state index in [1.165, 1.54) is 5.56 Å². The van der Waals surface area contributed by atoms with Crippen molar-refractivity contribution in [2.24, 2.45) is 5.73 Å². The first-order chi connectivity index (χ1) is 6.13. The van der Waals surface area contributed by atoms with Gasteiger partial charge in [0.05, 0.1) is 0 Å². The van der Waals surface area contributed by atoms with Crippen LogP contribution in [0.3, 0.4) is 0 Å². The third-order valence-corrected chi connectivity index (χ3v) is 1.95. The average molecular weight is 173 g/mol. The van der Waals surface area contributed by atoms with E-state index >= 15 is 0 Å². The molecule has 0 amide bonds. The molecule has 2 N–H and O–H groups in total. The highest BCUT2D eigenvalue weighted by atomic mass is 14.5. The Bertz CT molecular complexity index is 427. The van der Waals surface area contributed by atoms with Crippen LogP contribution in [-0.2, 0) is 0 Å². The number of hydrogen-bond acceptors (Lipinski definition) is 1. The fourth-order valence-corrected chi connectivity index (χ4v) is 1.14. The van der Waals surface area contributed by atoms with Crippen molar-refractivity contribution in [1.29, 1.82) is 0 Å². The number of allylic oxidation sites excluding steroid dienone is 2. The van der Waals surface area contributed by atoms with E-state index in [2.05, 4.69) is 25.6 Å². The van der Waals surface area contributed by atoms with Crippen molar-refractivity contribution in [3.05, 3.63) is 46.0 Å². The zero-order valence-corrected chi connectivity index (χ0v) is 8.17. The van der Waals surface area contributed by atoms with Gasteiger partial charge in [-0.15, -0.1) is 0 Å². The maximum Gasteiger partial charge on any atom is 0.0276 e. The maximum atomic E-state index is 5.69. The largest absolute Gasteiger partial charge is 0.399 e. The molecule has 1 nitrogen and oxygen atoms in total. The van der Waals surface area contributed by atoms with Crippen molar-refractivity contribution in [1.82, 2.24) is 0 Å². The Labute approximate surface area is 78.9 Å². The van der Waals surface area contributed by atoms with E-state index in [-0.39, 0.29) is 0 Å². The monoisotopic (exact) mass is 173 g/mol. The van der Waals surface area contributed by atoms with Gasteiger partial charge >= 0.3 is 0 Å². The molecule has 0 atom stereocenters. The second kappa shape index (κ2) is 3.94. The van der Waals surface area contributed by atoms with Gasteiger partial charge in [0.1, 0.15) is 0 Å². The molecule has 0 aliphatic carbocycles. The van der Waals surface area contributed by atoms with Gasteiger partial charge in [-0.1, -0.05) is 36.4 Å². The number of nitrogens with two attached hydrogens (primary N) is 1. The number of benzene rings is 1. The molecule has 0 aliphatic heterocycles. The molecular weight excluding hydrogens is 158 g/mol. The van der Waals surface area contributed by atoms with E-state index in [1.54, 1.807) is 0 Å². The molecule has 0 radical (unpaired) electrons. The summed E-state index contributed by atoms with van der Waals surface area (Å²) in [5.41, 5.74) is 7.69. The van der Waals surface area contributed by atoms with E-state index in [0.717, 1.165) is 16.1 Å². The minimum atomic E-state index is 0.772. The second-order valence-electron chi connectivity index (χ2n) is 3.14. The van der Waals surface area contributed by atoms with Crippen LogP contribution in [-0.4, -0.2) is 0 Å². The first-order valence-corrected chi connectivity index (χ1v) is 4.32. The molecule has 1 aromatic carbocycles. The summed E-state index contributed by atoms with van der Waals surface area (Å²) in [5, 5.41) is 2.10. The van der Waals surface area contributed by atoms with Crippen LogP contribution in [0.4, 0.5) is 0 Å². The average Bonchev–Trinajstić information content (AvgIpc) is 2.09. The fraction of sp³-hybridized carbons (Fsp3) is 0.167. The summed E-state index contributed by atoms with van der Waals surface area (Å²) in [5.74, 6) is 0. The van der Waals surface area contributed by atoms with E-state index in [0.29, 0.717) is 0 Å². The lowest BCUT2D eigenvalue weighted by Crippen LogP contribution is -2.23. The van der Waals surface area contributed by atoms with Crippen LogP contribution in [0.25, 0.3) is 12.7 Å². The predicted octanol–water partition coefficient (Wildman–Crippen LogP) is 1.05. The topological polar surface area (TPSA) is 26.0 Å². The lowest BCUT2D eigenvalue weighted by Gasteiger charge is -1.93. The lowest BCUT2D eigenvalue weighted by molar-refractivity contribution is 1.38. The highest BCUT2D eigenvalue weighted by Crippen LogP contribution is 1.87. The van der Waals surface area contributed by atoms with Crippen LogP contribution in [0.2, 0.25) is 0 Å². The summed E-state index contributed by atoms with van der Waals surface area (Å²) < 4.78 is 0. The number of rotatable bonds is 1. The smallest absolute Gasteiger partial charge is 0.0276 e. The standard InChI is InChI=1S/C12H15N/c1-4-12(13)8-11-6-5-9(2)7-10(11)3/h4-8H,3,13H2,1-2H3/b11-8-,12-4?. The van der Waals surface area contributed by atoms with Crippen molar-refractivity contribution in [3.63, 3.8) is 0 Å². The van der Waals surface area contributed by atoms with Crippen LogP contribution < -0.4 is 16.2 Å². The zero-order valence-electron chi connectivity index (χ0n) is 8.17. The van der Waals surface area contributed by atoms with Crippen LogP contribution >= 0.6 is 0 Å². The van der Waals surface area contributed by atoms with E-state index < -0.39 is 0 Å². The van der Waals surface area contributed by atoms with E-state index in [1.807, 2.05) is 25.1 Å². The molecule has 1 rings (SSSR count). The van der Waals surface area contributed by atoms with Gasteiger partial charge in [-0.05, 0) is 30.4 Å². The molecule has 13 heavy (non-hydrogen) atoms. The van der Waals surface area contributed by atoms with Crippen molar-refractivity contribution in [2.45, 2.75) is 13.8 Å². The SMILES string of the molecule is C=c1cc(C)cc/c1=C/C(N)=CC. The third-order valence-electron chi connectivity index (χ3n) is 1.95. The summed E-state index contributed by atoms with van der Waals surface area (Å²) in [7, 11) is 0. The van der Waals surface area contributed by atoms with Crippen molar-refractivity contribution in [3.8, 4) is 0 Å². The van der Waals surface area contributed by atoms with Gasteiger partial charge in [0.25, 0.3) is 0 Å². The molecule has 0 saturated heterocycles. The molecule has 0 aliphatic rings. The van der Waals surface area contributed by atoms with Gasteiger partial charge in [-0.3, -0.25) is 0 Å². The summed E-state index contributed by atoms with van der Waals surface area (Å²) in [6.07, 6.45) is 3.81. The Kier molecular flexibility index (Phi) is 2.91. The van der Waals surface area contributed by atoms with Crippen LogP contribution in [0, 0.1) is 6.92 Å². The fourth-order valence-electron chi connectivity index (χ4n) is 1.14. The molecule has 0 saturated carbocycles. The van der Waals surface area contributed by atoms with Crippen molar-refractivity contribution < 1.29 is 0 Å². The van der Waals surface area contributed by atoms with E-state index in [9.17, 15) is 0 Å². The van der Waals surface area contributed by atoms with E-state index in [4.69, 9.17) is 5.73 Å². The Morgan fingerprint density at radius 3 is 2.69 bits per heavy atom. The Morgan fingerprint density at radius 2 is 2.15 bits per heavy atom. The molecule has 0 fully saturated rings. The zero-order chi connectivity index (χ0) is 9.84. The lowest BCUT2D eigenvalue weighted by atomic mass is 10.1. The van der Waals surface area contributed by atoms with Gasteiger partial charge < -0.3 is 5.73 Å². The maximum absolute atomic E-state index is 5.69. The molecular formula is C12H15N. The molecule has 0 spiro atoms. The quantitative estimate of drug-likeness (QED) is 0.675. The highest BCUT2D eigenvalue weighted by molar-refractivity contribution is 5.44. The first-order valence-electron chi connectivity index (χ1n) is 4.32. The van der Waals surface area contributed by atoms with Crippen LogP contribution in [0.15, 0.2) is 30.0 Å². The number of hydrogen-bond donors (Lipinski definition) is 1. The molecule has 0 aromatic heterocycles. The van der Waals surface area contributed by atoms with Crippen LogP contribution in [0.5, 0.6) is 0 Å². The summed E-state index contributed by atoms with van der Waals surface area (Å²) in [4.78, 5) is 0. The predicted molar refractivity (Wildman–Crippen MR) is 58.4 cm³/mol. The Hall–Kier alpha value is -1.50. The summed E-state index contributed by atoms with van der Waals surface area (Å²) >= 11 is 0. The third kappa shape index (κ3) is 2.48. The van der Waals surface area contributed by atoms with Gasteiger partial charge in [0.2, 0.25) is 0 Å². The normalized spacial score (nSPS) is 13.4. The Morgan fingerprint density at radius 1 is 1.46 bits per heavy atom. The van der Waals surface area contributed by atoms with Crippen LogP contribution in [0.1, 0.15) is 12.5 Å². The summed E-state index contributed by atoms with van der Waals surface area (Å²) in [6.45, 7) is 7.93. The van der Waals surface area contributed by atoms with Crippen molar-refractivity contribution in [2.75, 3.05) is 0 Å². The van der Waals surface area contributed by atoms with Gasteiger partial charge in [-0.2, -0.15) is 0 Å². The van der Waals surface area contributed by atoms with Gasteiger partial charge in [-0.25, -0.2) is 0 Å². The highest BCUT2D eigenvalue weighted by Gasteiger charge is 1.85. The first kappa shape index (κ1) is 9.59. The Balaban J connectivity index is 3.32. The molecule has 0 unspecified atom stereocenters. The molecule has 0 bridgehead atoms. The van der Waals surface area contributed by atoms with Gasteiger partial charge in [0.15, 0.2) is 0 Å². The minimum absolute atomic E-state index is 0.772. The summed E-state index contributed by atoms with van der Waals surface area (Å²) in [6, 6.07) is 6.15. The van der Waals surface area contributed by atoms with Crippen molar-refractivity contribution >= 4 is 12.7 Å². The number of aryl methyl sites for hydroxylation is 1. The molecule has 1 aromatic rings. The molecule has 0 heterocycles. The van der Waals surface area contributed by atoms with Gasteiger partial charge in [0, 0.05) is 5.70 Å². The molecule has 68 valence electrons. The molecule has 1 heteroatoms. The second-order valence-corrected chi connectivity index (χ2v) is 3.14.